The number of nitrogen functional groups attached to an aromatic ring is 2. The molecule has 16 nitrogen and oxygen atoms in total. The SMILES string of the molecule is COc1ccc(F)c(F)c1C(=O)c1cnc(NC2CCC(N)CC2)nc1N.COc1cccc(F)c1C(=O)c1cnc(NC2CCN(S(C)(=O)=O)CC2)nc1N. The molecule has 2 aliphatic rings. The molecule has 3 heterocycles. The average Bonchev–Trinajstić information content (AvgIpc) is 3.16. The molecule has 1 aliphatic heterocycles. The predicted octanol–water partition coefficient (Wildman–Crippen LogP) is 3.53. The molecule has 1 saturated heterocycles. The summed E-state index contributed by atoms with van der Waals surface area (Å²) in [5.41, 5.74) is 16.7. The molecular formula is C36H43F3N10O6S. The Kier molecular flexibility index (Phi) is 13.3. The van der Waals surface area contributed by atoms with Crippen LogP contribution < -0.4 is 37.3 Å². The number of hydrogen-bond acceptors (Lipinski definition) is 15. The minimum atomic E-state index is -3.20. The molecule has 4 aromatic rings. The number of hydrogen-bond donors (Lipinski definition) is 5. The van der Waals surface area contributed by atoms with Gasteiger partial charge in [-0.2, -0.15) is 9.97 Å². The lowest BCUT2D eigenvalue weighted by Gasteiger charge is -2.30. The molecule has 300 valence electrons. The van der Waals surface area contributed by atoms with E-state index >= 15 is 0 Å². The van der Waals surface area contributed by atoms with E-state index in [1.807, 2.05) is 0 Å². The summed E-state index contributed by atoms with van der Waals surface area (Å²) in [6.45, 7) is 0.797. The maximum absolute atomic E-state index is 14.2. The highest BCUT2D eigenvalue weighted by molar-refractivity contribution is 7.88. The standard InChI is InChI=1S/C18H21F2N5O2.C18H22FN5O4S/c1-27-13-7-6-12(19)15(20)14(13)16(26)11-8-23-18(25-17(11)22)24-10-4-2-9(21)3-5-10;1-28-14-5-3-4-13(19)15(14)16(25)12-10-21-18(23-17(12)20)22-11-6-8-24(9-7-11)29(2,26)27/h6-10H,2-5,21H2,1H3,(H3,22,23,24,25);3-5,10-11H,6-9H2,1-2H3,(H3,20,21,22,23). The third kappa shape index (κ3) is 9.79. The number of rotatable bonds is 11. The van der Waals surface area contributed by atoms with Gasteiger partial charge in [-0.25, -0.2) is 35.9 Å². The number of benzene rings is 2. The van der Waals surface area contributed by atoms with Crippen molar-refractivity contribution in [2.45, 2.75) is 56.7 Å². The van der Waals surface area contributed by atoms with E-state index in [9.17, 15) is 31.2 Å². The van der Waals surface area contributed by atoms with Crippen molar-refractivity contribution in [3.63, 3.8) is 0 Å². The highest BCUT2D eigenvalue weighted by atomic mass is 32.2. The number of carbonyl (C=O) groups excluding carboxylic acids is 2. The minimum absolute atomic E-state index is 0.0272. The number of ketones is 2. The highest BCUT2D eigenvalue weighted by Crippen LogP contribution is 2.29. The fourth-order valence-corrected chi connectivity index (χ4v) is 7.19. The molecule has 0 amide bonds. The van der Waals surface area contributed by atoms with Gasteiger partial charge in [-0.1, -0.05) is 6.07 Å². The molecule has 0 spiro atoms. The van der Waals surface area contributed by atoms with Crippen LogP contribution in [0.4, 0.5) is 36.7 Å². The van der Waals surface area contributed by atoms with E-state index in [1.54, 1.807) is 0 Å². The van der Waals surface area contributed by atoms with Crippen LogP contribution >= 0.6 is 0 Å². The zero-order valence-corrected chi connectivity index (χ0v) is 31.7. The first-order valence-corrected chi connectivity index (χ1v) is 19.4. The molecule has 1 aliphatic carbocycles. The fourth-order valence-electron chi connectivity index (χ4n) is 6.32. The molecule has 6 rings (SSSR count). The van der Waals surface area contributed by atoms with Gasteiger partial charge < -0.3 is 37.3 Å². The molecule has 20 heteroatoms. The molecule has 0 bridgehead atoms. The van der Waals surface area contributed by atoms with Gasteiger partial charge in [0.15, 0.2) is 11.6 Å². The van der Waals surface area contributed by atoms with Crippen LogP contribution in [0.25, 0.3) is 0 Å². The first-order valence-electron chi connectivity index (χ1n) is 17.5. The first kappa shape index (κ1) is 41.6. The number of sulfonamides is 1. The number of nitrogens with two attached hydrogens (primary N) is 3. The maximum atomic E-state index is 14.2. The van der Waals surface area contributed by atoms with E-state index in [0.717, 1.165) is 37.8 Å². The second kappa shape index (κ2) is 17.9. The number of piperidine rings is 1. The van der Waals surface area contributed by atoms with Gasteiger partial charge in [-0.3, -0.25) is 9.59 Å². The van der Waals surface area contributed by atoms with Crippen molar-refractivity contribution in [2.24, 2.45) is 5.73 Å². The summed E-state index contributed by atoms with van der Waals surface area (Å²) < 4.78 is 76.5. The van der Waals surface area contributed by atoms with Crippen LogP contribution in [0.1, 0.15) is 70.4 Å². The van der Waals surface area contributed by atoms with Crippen molar-refractivity contribution >= 4 is 45.1 Å². The Morgan fingerprint density at radius 1 is 0.750 bits per heavy atom. The first-order chi connectivity index (χ1) is 26.6. The summed E-state index contributed by atoms with van der Waals surface area (Å²) >= 11 is 0. The van der Waals surface area contributed by atoms with E-state index in [4.69, 9.17) is 26.7 Å². The van der Waals surface area contributed by atoms with Gasteiger partial charge in [0, 0.05) is 43.6 Å². The molecular weight excluding hydrogens is 758 g/mol. The summed E-state index contributed by atoms with van der Waals surface area (Å²) in [4.78, 5) is 41.8. The van der Waals surface area contributed by atoms with Crippen LogP contribution in [-0.2, 0) is 10.0 Å². The lowest BCUT2D eigenvalue weighted by Crippen LogP contribution is -2.42. The van der Waals surface area contributed by atoms with E-state index < -0.39 is 44.6 Å². The van der Waals surface area contributed by atoms with Gasteiger partial charge in [-0.05, 0) is 62.8 Å². The number of carbonyl (C=O) groups is 2. The minimum Gasteiger partial charge on any atom is -0.496 e. The Balaban J connectivity index is 0.000000215. The number of nitrogens with one attached hydrogen (secondary N) is 2. The molecule has 2 aromatic heterocycles. The predicted molar refractivity (Wildman–Crippen MR) is 203 cm³/mol. The smallest absolute Gasteiger partial charge is 0.224 e. The number of methoxy groups -OCH3 is 2. The van der Waals surface area contributed by atoms with Gasteiger partial charge in [0.2, 0.25) is 33.5 Å². The lowest BCUT2D eigenvalue weighted by atomic mass is 9.92. The van der Waals surface area contributed by atoms with Crippen LogP contribution in [0, 0.1) is 17.5 Å². The number of ether oxygens (including phenoxy) is 2. The molecule has 2 fully saturated rings. The maximum Gasteiger partial charge on any atom is 0.224 e. The van der Waals surface area contributed by atoms with E-state index in [-0.39, 0.29) is 69.8 Å². The Morgan fingerprint density at radius 2 is 1.25 bits per heavy atom. The topological polar surface area (TPSA) is 244 Å². The fraction of sp³-hybridized carbons (Fsp3) is 0.389. The second-order valence-electron chi connectivity index (χ2n) is 13.2. The van der Waals surface area contributed by atoms with Crippen molar-refractivity contribution in [1.82, 2.24) is 24.2 Å². The quantitative estimate of drug-likeness (QED) is 0.136. The van der Waals surface area contributed by atoms with Crippen LogP contribution in [-0.4, -0.2) is 95.9 Å². The summed E-state index contributed by atoms with van der Waals surface area (Å²) in [7, 11) is -0.607. The zero-order chi connectivity index (χ0) is 40.7. The van der Waals surface area contributed by atoms with Crippen molar-refractivity contribution in [3.8, 4) is 11.5 Å². The number of anilines is 4. The third-order valence-corrected chi connectivity index (χ3v) is 10.7. The average molecular weight is 801 g/mol. The molecule has 2 aromatic carbocycles. The summed E-state index contributed by atoms with van der Waals surface area (Å²) in [5, 5.41) is 6.26. The van der Waals surface area contributed by atoms with Crippen molar-refractivity contribution in [2.75, 3.05) is 55.7 Å². The Morgan fingerprint density at radius 3 is 1.75 bits per heavy atom. The molecule has 0 radical (unpaired) electrons. The number of nitrogens with zero attached hydrogens (tertiary/aromatic N) is 5. The van der Waals surface area contributed by atoms with Crippen LogP contribution in [0.15, 0.2) is 42.7 Å². The van der Waals surface area contributed by atoms with Gasteiger partial charge in [0.25, 0.3) is 0 Å². The van der Waals surface area contributed by atoms with Gasteiger partial charge in [0.1, 0.15) is 40.1 Å². The summed E-state index contributed by atoms with van der Waals surface area (Å²) in [5.74, 6) is -4.45. The molecule has 8 N–H and O–H groups in total. The van der Waals surface area contributed by atoms with Crippen LogP contribution in [0.5, 0.6) is 11.5 Å². The van der Waals surface area contributed by atoms with Gasteiger partial charge in [0.05, 0.1) is 31.6 Å². The van der Waals surface area contributed by atoms with E-state index in [2.05, 4.69) is 30.6 Å². The second-order valence-corrected chi connectivity index (χ2v) is 15.2. The van der Waals surface area contributed by atoms with Crippen molar-refractivity contribution < 1.29 is 40.7 Å². The number of halogens is 3. The summed E-state index contributed by atoms with van der Waals surface area (Å²) in [6.07, 6.45) is 8.38. The van der Waals surface area contributed by atoms with Crippen LogP contribution in [0.2, 0.25) is 0 Å². The third-order valence-electron chi connectivity index (χ3n) is 9.41. The molecule has 0 atom stereocenters. The van der Waals surface area contributed by atoms with Crippen molar-refractivity contribution in [1.29, 1.82) is 0 Å². The highest BCUT2D eigenvalue weighted by Gasteiger charge is 2.28. The van der Waals surface area contributed by atoms with Crippen molar-refractivity contribution in [3.05, 3.63) is 82.4 Å². The van der Waals surface area contributed by atoms with Gasteiger partial charge >= 0.3 is 0 Å². The van der Waals surface area contributed by atoms with Crippen LogP contribution in [0.3, 0.4) is 0 Å². The largest absolute Gasteiger partial charge is 0.496 e. The zero-order valence-electron chi connectivity index (χ0n) is 30.9. The molecule has 56 heavy (non-hydrogen) atoms. The Bertz CT molecular complexity index is 2180. The van der Waals surface area contributed by atoms with Gasteiger partial charge in [-0.15, -0.1) is 0 Å². The number of aromatic nitrogens is 4. The normalized spacial score (nSPS) is 17.6. The Labute approximate surface area is 321 Å². The van der Waals surface area contributed by atoms with E-state index in [1.165, 1.54) is 55.4 Å². The monoisotopic (exact) mass is 800 g/mol. The summed E-state index contributed by atoms with van der Waals surface area (Å²) in [6, 6.07) is 6.49. The molecule has 1 saturated carbocycles. The lowest BCUT2D eigenvalue weighted by molar-refractivity contribution is 0.102. The van der Waals surface area contributed by atoms with E-state index in [0.29, 0.717) is 25.9 Å². The Hall–Kier alpha value is -5.60. The molecule has 0 unspecified atom stereocenters.